The highest BCUT2D eigenvalue weighted by molar-refractivity contribution is 7.10. The maximum Gasteiger partial charge on any atom is 0.0946 e. The van der Waals surface area contributed by atoms with Crippen molar-refractivity contribution >= 4 is 11.3 Å². The van der Waals surface area contributed by atoms with Crippen LogP contribution in [0.2, 0.25) is 0 Å². The topological polar surface area (TPSA) is 55.9 Å². The molecule has 2 heterocycles. The van der Waals surface area contributed by atoms with Crippen LogP contribution in [0, 0.1) is 6.92 Å². The Morgan fingerprint density at radius 2 is 2.40 bits per heavy atom. The number of imidazole rings is 1. The Morgan fingerprint density at radius 3 is 2.87 bits per heavy atom. The SMILES string of the molecule is Cc1sccc1C(NN)c1cncn1C. The fourth-order valence-corrected chi connectivity index (χ4v) is 2.42. The normalized spacial score (nSPS) is 13.0. The van der Waals surface area contributed by atoms with Gasteiger partial charge in [-0.15, -0.1) is 11.3 Å². The summed E-state index contributed by atoms with van der Waals surface area (Å²) in [5.41, 5.74) is 5.12. The molecule has 2 rings (SSSR count). The molecule has 0 aliphatic rings. The largest absolute Gasteiger partial charge is 0.336 e. The van der Waals surface area contributed by atoms with Crippen molar-refractivity contribution in [2.45, 2.75) is 13.0 Å². The Kier molecular flexibility index (Phi) is 2.86. The highest BCUT2D eigenvalue weighted by Crippen LogP contribution is 2.26. The van der Waals surface area contributed by atoms with E-state index in [1.54, 1.807) is 17.7 Å². The molecule has 4 nitrogen and oxygen atoms in total. The van der Waals surface area contributed by atoms with Crippen molar-refractivity contribution in [1.82, 2.24) is 15.0 Å². The van der Waals surface area contributed by atoms with Crippen LogP contribution in [-0.4, -0.2) is 9.55 Å². The van der Waals surface area contributed by atoms with Crippen LogP contribution < -0.4 is 11.3 Å². The number of aromatic nitrogens is 2. The van der Waals surface area contributed by atoms with E-state index in [0.717, 1.165) is 5.69 Å². The second-order valence-corrected chi connectivity index (χ2v) is 4.58. The van der Waals surface area contributed by atoms with Gasteiger partial charge in [-0.3, -0.25) is 5.84 Å². The zero-order valence-corrected chi connectivity index (χ0v) is 9.58. The van der Waals surface area contributed by atoms with Crippen molar-refractivity contribution < 1.29 is 0 Å². The van der Waals surface area contributed by atoms with E-state index in [0.29, 0.717) is 0 Å². The first-order valence-electron chi connectivity index (χ1n) is 4.70. The highest BCUT2D eigenvalue weighted by atomic mass is 32.1. The number of hydrazine groups is 1. The summed E-state index contributed by atoms with van der Waals surface area (Å²) in [4.78, 5) is 5.38. The average Bonchev–Trinajstić information content (AvgIpc) is 2.80. The summed E-state index contributed by atoms with van der Waals surface area (Å²) in [6.45, 7) is 2.10. The molecule has 2 aromatic rings. The van der Waals surface area contributed by atoms with Gasteiger partial charge in [0.25, 0.3) is 0 Å². The first kappa shape index (κ1) is 10.4. The Hall–Kier alpha value is -1.17. The summed E-state index contributed by atoms with van der Waals surface area (Å²) in [6.07, 6.45) is 3.61. The van der Waals surface area contributed by atoms with Gasteiger partial charge in [-0.05, 0) is 23.9 Å². The number of thiophene rings is 1. The van der Waals surface area contributed by atoms with Gasteiger partial charge in [0.2, 0.25) is 0 Å². The lowest BCUT2D eigenvalue weighted by Gasteiger charge is -2.16. The fraction of sp³-hybridized carbons (Fsp3) is 0.300. The van der Waals surface area contributed by atoms with Crippen LogP contribution in [0.5, 0.6) is 0 Å². The number of hydrogen-bond donors (Lipinski definition) is 2. The maximum absolute atomic E-state index is 5.61. The summed E-state index contributed by atoms with van der Waals surface area (Å²) in [5.74, 6) is 5.61. The van der Waals surface area contributed by atoms with Crippen molar-refractivity contribution in [2.75, 3.05) is 0 Å². The first-order valence-corrected chi connectivity index (χ1v) is 5.58. The molecule has 0 saturated carbocycles. The van der Waals surface area contributed by atoms with Gasteiger partial charge >= 0.3 is 0 Å². The van der Waals surface area contributed by atoms with Gasteiger partial charge in [0.1, 0.15) is 0 Å². The van der Waals surface area contributed by atoms with Crippen molar-refractivity contribution in [3.8, 4) is 0 Å². The van der Waals surface area contributed by atoms with E-state index in [2.05, 4.69) is 28.8 Å². The summed E-state index contributed by atoms with van der Waals surface area (Å²) in [5, 5.41) is 2.07. The summed E-state index contributed by atoms with van der Waals surface area (Å²) in [6, 6.07) is 2.11. The number of rotatable bonds is 3. The average molecular weight is 222 g/mol. The minimum Gasteiger partial charge on any atom is -0.336 e. The van der Waals surface area contributed by atoms with Crippen molar-refractivity contribution in [2.24, 2.45) is 12.9 Å². The molecule has 0 aliphatic heterocycles. The molecule has 0 radical (unpaired) electrons. The predicted molar refractivity (Wildman–Crippen MR) is 61.4 cm³/mol. The molecule has 15 heavy (non-hydrogen) atoms. The number of nitrogens with one attached hydrogen (secondary N) is 1. The molecule has 0 aliphatic carbocycles. The zero-order valence-electron chi connectivity index (χ0n) is 8.77. The number of nitrogens with two attached hydrogens (primary N) is 1. The summed E-state index contributed by atoms with van der Waals surface area (Å²) in [7, 11) is 1.97. The molecule has 0 fully saturated rings. The summed E-state index contributed by atoms with van der Waals surface area (Å²) >= 11 is 1.73. The van der Waals surface area contributed by atoms with Gasteiger partial charge in [-0.1, -0.05) is 0 Å². The van der Waals surface area contributed by atoms with E-state index >= 15 is 0 Å². The zero-order chi connectivity index (χ0) is 10.8. The van der Waals surface area contributed by atoms with Crippen molar-refractivity contribution in [3.63, 3.8) is 0 Å². The molecule has 2 aromatic heterocycles. The van der Waals surface area contributed by atoms with Crippen LogP contribution in [0.15, 0.2) is 24.0 Å². The van der Waals surface area contributed by atoms with E-state index in [-0.39, 0.29) is 6.04 Å². The summed E-state index contributed by atoms with van der Waals surface area (Å²) < 4.78 is 1.97. The maximum atomic E-state index is 5.61. The van der Waals surface area contributed by atoms with Crippen LogP contribution in [-0.2, 0) is 7.05 Å². The van der Waals surface area contributed by atoms with Gasteiger partial charge in [0.05, 0.1) is 24.3 Å². The van der Waals surface area contributed by atoms with Crippen LogP contribution in [0.25, 0.3) is 0 Å². The van der Waals surface area contributed by atoms with Crippen molar-refractivity contribution in [1.29, 1.82) is 0 Å². The first-order chi connectivity index (χ1) is 7.24. The quantitative estimate of drug-likeness (QED) is 0.608. The Labute approximate surface area is 92.7 Å². The molecular weight excluding hydrogens is 208 g/mol. The van der Waals surface area contributed by atoms with Gasteiger partial charge < -0.3 is 4.57 Å². The molecule has 0 saturated heterocycles. The third-order valence-corrected chi connectivity index (χ3v) is 3.39. The van der Waals surface area contributed by atoms with E-state index in [4.69, 9.17) is 5.84 Å². The van der Waals surface area contributed by atoms with E-state index < -0.39 is 0 Å². The minimum absolute atomic E-state index is 0.0174. The van der Waals surface area contributed by atoms with Crippen LogP contribution in [0.4, 0.5) is 0 Å². The molecule has 0 aromatic carbocycles. The molecular formula is C10H14N4S. The molecule has 0 spiro atoms. The molecule has 3 N–H and O–H groups in total. The Morgan fingerprint density at radius 1 is 1.60 bits per heavy atom. The van der Waals surface area contributed by atoms with Gasteiger partial charge in [0, 0.05) is 11.9 Å². The second-order valence-electron chi connectivity index (χ2n) is 3.46. The van der Waals surface area contributed by atoms with Gasteiger partial charge in [0.15, 0.2) is 0 Å². The Bertz CT molecular complexity index is 405. The number of nitrogens with zero attached hydrogens (tertiary/aromatic N) is 2. The van der Waals surface area contributed by atoms with Crippen LogP contribution in [0.1, 0.15) is 22.2 Å². The Balaban J connectivity index is 2.41. The van der Waals surface area contributed by atoms with E-state index in [1.807, 2.05) is 17.8 Å². The number of aryl methyl sites for hydroxylation is 2. The highest BCUT2D eigenvalue weighted by Gasteiger charge is 2.17. The lowest BCUT2D eigenvalue weighted by atomic mass is 10.1. The smallest absolute Gasteiger partial charge is 0.0946 e. The molecule has 1 unspecified atom stereocenters. The van der Waals surface area contributed by atoms with Crippen LogP contribution in [0.3, 0.4) is 0 Å². The van der Waals surface area contributed by atoms with E-state index in [9.17, 15) is 0 Å². The predicted octanol–water partition coefficient (Wildman–Crippen LogP) is 1.34. The second kappa shape index (κ2) is 4.14. The third kappa shape index (κ3) is 1.81. The standard InChI is InChI=1S/C10H14N4S/c1-7-8(3-4-15-7)10(13-11)9-5-12-6-14(9)2/h3-6,10,13H,11H2,1-2H3. The van der Waals surface area contributed by atoms with Gasteiger partial charge in [-0.2, -0.15) is 0 Å². The third-order valence-electron chi connectivity index (χ3n) is 2.53. The molecule has 0 amide bonds. The molecule has 0 bridgehead atoms. The monoisotopic (exact) mass is 222 g/mol. The van der Waals surface area contributed by atoms with Gasteiger partial charge in [-0.25, -0.2) is 10.4 Å². The molecule has 1 atom stereocenters. The molecule has 80 valence electrons. The lowest BCUT2D eigenvalue weighted by molar-refractivity contribution is 0.596. The fourth-order valence-electron chi connectivity index (χ4n) is 1.67. The molecule has 5 heteroatoms. The van der Waals surface area contributed by atoms with Crippen molar-refractivity contribution in [3.05, 3.63) is 40.1 Å². The lowest BCUT2D eigenvalue weighted by Crippen LogP contribution is -2.30. The van der Waals surface area contributed by atoms with E-state index in [1.165, 1.54) is 10.4 Å². The minimum atomic E-state index is 0.0174. The van der Waals surface area contributed by atoms with Crippen LogP contribution >= 0.6 is 11.3 Å². The number of hydrogen-bond acceptors (Lipinski definition) is 4.